The first-order valence-electron chi connectivity index (χ1n) is 8.15. The summed E-state index contributed by atoms with van der Waals surface area (Å²) in [5.74, 6) is -0.0540. The monoisotopic (exact) mass is 412 g/mol. The van der Waals surface area contributed by atoms with E-state index in [0.717, 1.165) is 5.56 Å². The molecule has 138 valence electrons. The van der Waals surface area contributed by atoms with Crippen LogP contribution in [0.2, 0.25) is 10.0 Å². The topological polar surface area (TPSA) is 57.7 Å². The lowest BCUT2D eigenvalue weighted by Gasteiger charge is -2.34. The first-order chi connectivity index (χ1) is 12.4. The first-order valence-corrected chi connectivity index (χ1v) is 10.3. The zero-order valence-electron chi connectivity index (χ0n) is 13.9. The van der Waals surface area contributed by atoms with Crippen molar-refractivity contribution < 1.29 is 13.2 Å². The number of carbonyl (C=O) groups is 1. The summed E-state index contributed by atoms with van der Waals surface area (Å²) in [7, 11) is -3.58. The first kappa shape index (κ1) is 19.2. The molecule has 26 heavy (non-hydrogen) atoms. The Morgan fingerprint density at radius 3 is 2.15 bits per heavy atom. The Hall–Kier alpha value is -1.60. The van der Waals surface area contributed by atoms with Crippen molar-refractivity contribution in [3.05, 3.63) is 64.1 Å². The number of sulfonamides is 1. The molecule has 0 N–H and O–H groups in total. The van der Waals surface area contributed by atoms with Crippen molar-refractivity contribution in [3.8, 4) is 0 Å². The fraction of sp³-hybridized carbons (Fsp3) is 0.278. The molecule has 0 spiro atoms. The summed E-state index contributed by atoms with van der Waals surface area (Å²) in [6, 6.07) is 13.3. The van der Waals surface area contributed by atoms with E-state index in [1.54, 1.807) is 23.1 Å². The molecule has 1 heterocycles. The number of hydrogen-bond donors (Lipinski definition) is 0. The van der Waals surface area contributed by atoms with Crippen molar-refractivity contribution in [1.29, 1.82) is 0 Å². The highest BCUT2D eigenvalue weighted by atomic mass is 35.5. The minimum Gasteiger partial charge on any atom is -0.340 e. The minimum atomic E-state index is -3.58. The molecule has 8 heteroatoms. The molecular weight excluding hydrogens is 395 g/mol. The average molecular weight is 413 g/mol. The van der Waals surface area contributed by atoms with E-state index in [9.17, 15) is 13.2 Å². The summed E-state index contributed by atoms with van der Waals surface area (Å²) in [6.07, 6.45) is 0.212. The number of halogens is 2. The van der Waals surface area contributed by atoms with Crippen molar-refractivity contribution in [1.82, 2.24) is 9.21 Å². The molecular formula is C18H18Cl2N2O3S. The van der Waals surface area contributed by atoms with E-state index in [4.69, 9.17) is 23.2 Å². The van der Waals surface area contributed by atoms with E-state index in [0.29, 0.717) is 23.1 Å². The fourth-order valence-electron chi connectivity index (χ4n) is 2.85. The van der Waals surface area contributed by atoms with Crippen LogP contribution in [-0.2, 0) is 21.2 Å². The maximum atomic E-state index is 12.7. The summed E-state index contributed by atoms with van der Waals surface area (Å²) >= 11 is 11.9. The van der Waals surface area contributed by atoms with Gasteiger partial charge in [-0.15, -0.1) is 0 Å². The van der Waals surface area contributed by atoms with Crippen LogP contribution in [0.4, 0.5) is 0 Å². The second-order valence-electron chi connectivity index (χ2n) is 6.01. The smallest absolute Gasteiger partial charge is 0.243 e. The highest BCUT2D eigenvalue weighted by Crippen LogP contribution is 2.21. The van der Waals surface area contributed by atoms with Gasteiger partial charge in [0.15, 0.2) is 0 Å². The normalized spacial score (nSPS) is 15.8. The Labute approximate surface area is 163 Å². The zero-order valence-corrected chi connectivity index (χ0v) is 16.3. The van der Waals surface area contributed by atoms with Gasteiger partial charge in [-0.05, 0) is 35.9 Å². The van der Waals surface area contributed by atoms with Gasteiger partial charge in [-0.25, -0.2) is 8.42 Å². The van der Waals surface area contributed by atoms with Gasteiger partial charge in [0.05, 0.1) is 11.3 Å². The summed E-state index contributed by atoms with van der Waals surface area (Å²) < 4.78 is 26.7. The average Bonchev–Trinajstić information content (AvgIpc) is 2.64. The summed E-state index contributed by atoms with van der Waals surface area (Å²) in [5.41, 5.74) is 0.774. The molecule has 1 saturated heterocycles. The molecule has 0 radical (unpaired) electrons. The Kier molecular flexibility index (Phi) is 5.87. The number of carbonyl (C=O) groups excluding carboxylic acids is 1. The molecule has 0 bridgehead atoms. The Morgan fingerprint density at radius 1 is 0.923 bits per heavy atom. The van der Waals surface area contributed by atoms with E-state index in [1.807, 2.05) is 18.2 Å². The second kappa shape index (κ2) is 7.96. The van der Waals surface area contributed by atoms with Gasteiger partial charge in [-0.1, -0.05) is 41.4 Å². The van der Waals surface area contributed by atoms with Crippen LogP contribution >= 0.6 is 23.2 Å². The standard InChI is InChI=1S/C18H18Cl2N2O3S/c19-15-5-7-16(8-6-15)26(24,25)22-11-9-21(10-12-22)18(23)13-14-3-1-2-4-17(14)20/h1-8H,9-13H2. The molecule has 1 fully saturated rings. The molecule has 0 aliphatic carbocycles. The second-order valence-corrected chi connectivity index (χ2v) is 8.79. The van der Waals surface area contributed by atoms with Crippen LogP contribution in [0.5, 0.6) is 0 Å². The van der Waals surface area contributed by atoms with Gasteiger partial charge in [0, 0.05) is 36.2 Å². The predicted octanol–water partition coefficient (Wildman–Crippen LogP) is 3.07. The quantitative estimate of drug-likeness (QED) is 0.774. The third-order valence-electron chi connectivity index (χ3n) is 4.34. The predicted molar refractivity (Wildman–Crippen MR) is 102 cm³/mol. The van der Waals surface area contributed by atoms with Gasteiger partial charge in [0.1, 0.15) is 0 Å². The lowest BCUT2D eigenvalue weighted by atomic mass is 10.1. The van der Waals surface area contributed by atoms with Gasteiger partial charge >= 0.3 is 0 Å². The number of hydrogen-bond acceptors (Lipinski definition) is 3. The molecule has 5 nitrogen and oxygen atoms in total. The highest BCUT2D eigenvalue weighted by Gasteiger charge is 2.30. The van der Waals surface area contributed by atoms with E-state index in [1.165, 1.54) is 16.4 Å². The molecule has 1 aliphatic rings. The number of rotatable bonds is 4. The van der Waals surface area contributed by atoms with Gasteiger partial charge in [-0.2, -0.15) is 4.31 Å². The molecule has 0 unspecified atom stereocenters. The molecule has 0 saturated carbocycles. The summed E-state index contributed by atoms with van der Waals surface area (Å²) in [6.45, 7) is 1.24. The van der Waals surface area contributed by atoms with Crippen molar-refractivity contribution in [2.24, 2.45) is 0 Å². The van der Waals surface area contributed by atoms with Crippen LogP contribution in [-0.4, -0.2) is 49.7 Å². The van der Waals surface area contributed by atoms with Crippen LogP contribution in [0.25, 0.3) is 0 Å². The molecule has 2 aromatic rings. The number of amides is 1. The molecule has 1 amide bonds. The van der Waals surface area contributed by atoms with E-state index in [-0.39, 0.29) is 30.3 Å². The Bertz CT molecular complexity index is 893. The molecule has 1 aliphatic heterocycles. The summed E-state index contributed by atoms with van der Waals surface area (Å²) in [5, 5.41) is 1.05. The SMILES string of the molecule is O=C(Cc1ccccc1Cl)N1CCN(S(=O)(=O)c2ccc(Cl)cc2)CC1. The molecule has 0 atom stereocenters. The Balaban J connectivity index is 1.62. The van der Waals surface area contributed by atoms with Crippen molar-refractivity contribution in [2.45, 2.75) is 11.3 Å². The number of nitrogens with zero attached hydrogens (tertiary/aromatic N) is 2. The van der Waals surface area contributed by atoms with Crippen LogP contribution in [0.1, 0.15) is 5.56 Å². The van der Waals surface area contributed by atoms with Gasteiger partial charge < -0.3 is 4.90 Å². The maximum absolute atomic E-state index is 12.7. The highest BCUT2D eigenvalue weighted by molar-refractivity contribution is 7.89. The summed E-state index contributed by atoms with van der Waals surface area (Å²) in [4.78, 5) is 14.4. The molecule has 3 rings (SSSR count). The van der Waals surface area contributed by atoms with Crippen LogP contribution in [0.3, 0.4) is 0 Å². The number of piperazine rings is 1. The van der Waals surface area contributed by atoms with Gasteiger partial charge in [0.2, 0.25) is 15.9 Å². The van der Waals surface area contributed by atoms with Crippen molar-refractivity contribution in [2.75, 3.05) is 26.2 Å². The van der Waals surface area contributed by atoms with E-state index >= 15 is 0 Å². The van der Waals surface area contributed by atoms with Crippen LogP contribution < -0.4 is 0 Å². The largest absolute Gasteiger partial charge is 0.340 e. The maximum Gasteiger partial charge on any atom is 0.243 e. The Morgan fingerprint density at radius 2 is 1.54 bits per heavy atom. The fourth-order valence-corrected chi connectivity index (χ4v) is 4.60. The van der Waals surface area contributed by atoms with Crippen LogP contribution in [0.15, 0.2) is 53.4 Å². The third-order valence-corrected chi connectivity index (χ3v) is 6.88. The number of benzene rings is 2. The van der Waals surface area contributed by atoms with Crippen LogP contribution in [0, 0.1) is 0 Å². The third kappa shape index (κ3) is 4.20. The lowest BCUT2D eigenvalue weighted by Crippen LogP contribution is -2.50. The van der Waals surface area contributed by atoms with Crippen molar-refractivity contribution in [3.63, 3.8) is 0 Å². The lowest BCUT2D eigenvalue weighted by molar-refractivity contribution is -0.131. The van der Waals surface area contributed by atoms with Gasteiger partial charge in [-0.3, -0.25) is 4.79 Å². The van der Waals surface area contributed by atoms with E-state index in [2.05, 4.69) is 0 Å². The van der Waals surface area contributed by atoms with Crippen molar-refractivity contribution >= 4 is 39.1 Å². The minimum absolute atomic E-state index is 0.0540. The molecule has 2 aromatic carbocycles. The zero-order chi connectivity index (χ0) is 18.7. The molecule has 0 aromatic heterocycles. The van der Waals surface area contributed by atoms with Gasteiger partial charge in [0.25, 0.3) is 0 Å². The van der Waals surface area contributed by atoms with E-state index < -0.39 is 10.0 Å².